The Hall–Kier alpha value is -2.05. The number of nitrogens with one attached hydrogen (secondary N) is 1. The van der Waals surface area contributed by atoms with Gasteiger partial charge >= 0.3 is 0 Å². The van der Waals surface area contributed by atoms with Gasteiger partial charge < -0.3 is 15.8 Å². The molecule has 2 aromatic rings. The van der Waals surface area contributed by atoms with E-state index in [9.17, 15) is 9.59 Å². The zero-order valence-electron chi connectivity index (χ0n) is 14.7. The van der Waals surface area contributed by atoms with Crippen molar-refractivity contribution in [2.75, 3.05) is 5.32 Å². The highest BCUT2D eigenvalue weighted by atomic mass is 35.5. The van der Waals surface area contributed by atoms with E-state index in [-0.39, 0.29) is 5.91 Å². The van der Waals surface area contributed by atoms with Crippen LogP contribution in [-0.2, 0) is 17.6 Å². The Morgan fingerprint density at radius 2 is 2.19 bits per heavy atom. The Morgan fingerprint density at radius 1 is 1.42 bits per heavy atom. The summed E-state index contributed by atoms with van der Waals surface area (Å²) in [5, 5.41) is 3.87. The van der Waals surface area contributed by atoms with Crippen molar-refractivity contribution in [1.29, 1.82) is 0 Å². The predicted molar refractivity (Wildman–Crippen MR) is 104 cm³/mol. The van der Waals surface area contributed by atoms with Gasteiger partial charge in [0.2, 0.25) is 0 Å². The summed E-state index contributed by atoms with van der Waals surface area (Å²) in [5.74, 6) is 0.236. The number of anilines is 1. The minimum absolute atomic E-state index is 0.334. The fourth-order valence-electron chi connectivity index (χ4n) is 3.11. The van der Waals surface area contributed by atoms with E-state index in [0.29, 0.717) is 27.3 Å². The van der Waals surface area contributed by atoms with Crippen LogP contribution in [0.3, 0.4) is 0 Å². The van der Waals surface area contributed by atoms with Gasteiger partial charge in [0, 0.05) is 9.90 Å². The Morgan fingerprint density at radius 3 is 2.88 bits per heavy atom. The fourth-order valence-corrected chi connectivity index (χ4v) is 4.71. The van der Waals surface area contributed by atoms with Crippen LogP contribution in [-0.4, -0.2) is 17.9 Å². The first-order valence-corrected chi connectivity index (χ1v) is 9.72. The molecule has 0 saturated carbocycles. The van der Waals surface area contributed by atoms with Crippen molar-refractivity contribution in [2.24, 2.45) is 11.7 Å². The van der Waals surface area contributed by atoms with Gasteiger partial charge in [-0.25, -0.2) is 0 Å². The maximum absolute atomic E-state index is 12.5. The molecule has 0 aliphatic heterocycles. The molecule has 0 fully saturated rings. The smallest absolute Gasteiger partial charge is 0.265 e. The molecular weight excluding hydrogens is 372 g/mol. The third-order valence-electron chi connectivity index (χ3n) is 4.47. The van der Waals surface area contributed by atoms with Gasteiger partial charge in [-0.15, -0.1) is 11.3 Å². The topological polar surface area (TPSA) is 81.4 Å². The summed E-state index contributed by atoms with van der Waals surface area (Å²) in [7, 11) is 0. The third kappa shape index (κ3) is 4.02. The van der Waals surface area contributed by atoms with Crippen LogP contribution in [0, 0.1) is 5.92 Å². The lowest BCUT2D eigenvalue weighted by atomic mass is 9.88. The molecule has 1 aromatic heterocycles. The van der Waals surface area contributed by atoms with Gasteiger partial charge in [0.1, 0.15) is 10.8 Å². The average Bonchev–Trinajstić information content (AvgIpc) is 2.91. The summed E-state index contributed by atoms with van der Waals surface area (Å²) in [6.07, 6.45) is 2.00. The number of carbonyl (C=O) groups is 2. The molecule has 2 amide bonds. The number of primary amides is 1. The molecule has 0 spiro atoms. The zero-order valence-corrected chi connectivity index (χ0v) is 16.2. The van der Waals surface area contributed by atoms with Crippen molar-refractivity contribution in [3.05, 3.63) is 45.3 Å². The molecule has 0 saturated heterocycles. The standard InChI is InChI=1S/C19H21ClN2O3S/c1-10-6-7-14-15(8-10)26-19(16(14)17(21)23)22-18(24)11(2)25-13-5-3-4-12(20)9-13/h3-5,9-11H,6-8H2,1-2H3,(H2,21,23)(H,22,24)/t10-,11-/m1/s1. The Kier molecular flexibility index (Phi) is 5.53. The normalized spacial score (nSPS) is 17.3. The van der Waals surface area contributed by atoms with Crippen molar-refractivity contribution >= 4 is 39.8 Å². The molecule has 1 aliphatic carbocycles. The van der Waals surface area contributed by atoms with Gasteiger partial charge in [-0.1, -0.05) is 24.6 Å². The molecule has 7 heteroatoms. The molecule has 1 aromatic carbocycles. The first-order chi connectivity index (χ1) is 12.3. The molecule has 0 radical (unpaired) electrons. The van der Waals surface area contributed by atoms with E-state index in [0.717, 1.165) is 29.7 Å². The molecule has 0 unspecified atom stereocenters. The highest BCUT2D eigenvalue weighted by Gasteiger charge is 2.28. The summed E-state index contributed by atoms with van der Waals surface area (Å²) < 4.78 is 5.64. The Balaban J connectivity index is 1.77. The van der Waals surface area contributed by atoms with Crippen molar-refractivity contribution in [1.82, 2.24) is 0 Å². The highest BCUT2D eigenvalue weighted by molar-refractivity contribution is 7.17. The van der Waals surface area contributed by atoms with Gasteiger partial charge in [0.15, 0.2) is 6.10 Å². The van der Waals surface area contributed by atoms with Gasteiger partial charge in [0.25, 0.3) is 11.8 Å². The van der Waals surface area contributed by atoms with Crippen molar-refractivity contribution in [2.45, 2.75) is 39.2 Å². The Labute approximate surface area is 161 Å². The molecule has 26 heavy (non-hydrogen) atoms. The van der Waals surface area contributed by atoms with E-state index in [4.69, 9.17) is 22.1 Å². The SMILES string of the molecule is C[C@@H]1CCc2c(sc(NC(=O)[C@@H](C)Oc3cccc(Cl)c3)c2C(N)=O)C1. The molecule has 3 rings (SSSR count). The number of hydrogen-bond acceptors (Lipinski definition) is 4. The van der Waals surface area contributed by atoms with Gasteiger partial charge in [-0.2, -0.15) is 0 Å². The molecular formula is C19H21ClN2O3S. The second kappa shape index (κ2) is 7.68. The van der Waals surface area contributed by atoms with E-state index in [2.05, 4.69) is 12.2 Å². The fraction of sp³-hybridized carbons (Fsp3) is 0.368. The largest absolute Gasteiger partial charge is 0.481 e. The molecule has 1 aliphatic rings. The first-order valence-electron chi connectivity index (χ1n) is 8.52. The van der Waals surface area contributed by atoms with Gasteiger partial charge in [-0.3, -0.25) is 9.59 Å². The number of fused-ring (bicyclic) bond motifs is 1. The monoisotopic (exact) mass is 392 g/mol. The highest BCUT2D eigenvalue weighted by Crippen LogP contribution is 2.39. The minimum Gasteiger partial charge on any atom is -0.481 e. The molecule has 3 N–H and O–H groups in total. The molecule has 1 heterocycles. The van der Waals surface area contributed by atoms with Crippen molar-refractivity contribution in [3.63, 3.8) is 0 Å². The number of benzene rings is 1. The van der Waals surface area contributed by atoms with E-state index >= 15 is 0 Å². The number of nitrogens with two attached hydrogens (primary N) is 1. The van der Waals surface area contributed by atoms with Crippen LogP contribution < -0.4 is 15.8 Å². The number of halogens is 1. The number of carbonyl (C=O) groups excluding carboxylic acids is 2. The van der Waals surface area contributed by atoms with E-state index in [1.54, 1.807) is 31.2 Å². The van der Waals surface area contributed by atoms with Crippen molar-refractivity contribution < 1.29 is 14.3 Å². The second-order valence-electron chi connectivity index (χ2n) is 6.63. The van der Waals surface area contributed by atoms with Gasteiger partial charge in [0.05, 0.1) is 5.56 Å². The quantitative estimate of drug-likeness (QED) is 0.805. The second-order valence-corrected chi connectivity index (χ2v) is 8.17. The summed E-state index contributed by atoms with van der Waals surface area (Å²) >= 11 is 7.37. The predicted octanol–water partition coefficient (Wildman–Crippen LogP) is 4.03. The lowest BCUT2D eigenvalue weighted by Crippen LogP contribution is -2.30. The molecule has 0 bridgehead atoms. The van der Waals surface area contributed by atoms with E-state index < -0.39 is 12.0 Å². The summed E-state index contributed by atoms with van der Waals surface area (Å²) in [6.45, 7) is 3.83. The summed E-state index contributed by atoms with van der Waals surface area (Å²) in [6, 6.07) is 6.86. The lowest BCUT2D eigenvalue weighted by molar-refractivity contribution is -0.122. The molecule has 2 atom stereocenters. The molecule has 138 valence electrons. The number of ether oxygens (including phenoxy) is 1. The average molecular weight is 393 g/mol. The Bertz CT molecular complexity index is 849. The maximum atomic E-state index is 12.5. The van der Waals surface area contributed by atoms with Gasteiger partial charge in [-0.05, 0) is 55.9 Å². The number of amides is 2. The number of rotatable bonds is 5. The minimum atomic E-state index is -0.743. The lowest BCUT2D eigenvalue weighted by Gasteiger charge is -2.18. The van der Waals surface area contributed by atoms with Crippen LogP contribution in [0.25, 0.3) is 0 Å². The van der Waals surface area contributed by atoms with Crippen LogP contribution in [0.5, 0.6) is 5.75 Å². The summed E-state index contributed by atoms with van der Waals surface area (Å²) in [4.78, 5) is 25.6. The van der Waals surface area contributed by atoms with Crippen LogP contribution in [0.15, 0.2) is 24.3 Å². The van der Waals surface area contributed by atoms with Crippen molar-refractivity contribution in [3.8, 4) is 5.75 Å². The van der Waals surface area contributed by atoms with E-state index in [1.165, 1.54) is 11.3 Å². The van der Waals surface area contributed by atoms with Crippen LogP contribution in [0.1, 0.15) is 41.1 Å². The third-order valence-corrected chi connectivity index (χ3v) is 5.88. The zero-order chi connectivity index (χ0) is 18.8. The first kappa shape index (κ1) is 18.7. The number of hydrogen-bond donors (Lipinski definition) is 2. The molecule has 5 nitrogen and oxygen atoms in total. The number of thiophene rings is 1. The summed E-state index contributed by atoms with van der Waals surface area (Å²) in [5.41, 5.74) is 7.01. The van der Waals surface area contributed by atoms with E-state index in [1.807, 2.05) is 0 Å². The van der Waals surface area contributed by atoms with Crippen LogP contribution in [0.4, 0.5) is 5.00 Å². The van der Waals surface area contributed by atoms with Crippen LogP contribution in [0.2, 0.25) is 5.02 Å². The van der Waals surface area contributed by atoms with Crippen LogP contribution >= 0.6 is 22.9 Å². The maximum Gasteiger partial charge on any atom is 0.265 e.